The van der Waals surface area contributed by atoms with E-state index in [1.807, 2.05) is 4.90 Å². The van der Waals surface area contributed by atoms with Crippen molar-refractivity contribution in [1.29, 1.82) is 0 Å². The summed E-state index contributed by atoms with van der Waals surface area (Å²) in [4.78, 5) is 24.8. The first-order chi connectivity index (χ1) is 22.4. The van der Waals surface area contributed by atoms with E-state index in [0.29, 0.717) is 48.3 Å². The summed E-state index contributed by atoms with van der Waals surface area (Å²) < 4.78 is 71.8. The lowest BCUT2D eigenvalue weighted by molar-refractivity contribution is -0.137. The van der Waals surface area contributed by atoms with Gasteiger partial charge in [-0.05, 0) is 56.5 Å². The molecule has 254 valence electrons. The molecule has 1 saturated heterocycles. The van der Waals surface area contributed by atoms with Crippen LogP contribution in [0.4, 0.5) is 42.0 Å². The number of nitrogens with one attached hydrogen (secondary N) is 2. The highest BCUT2D eigenvalue weighted by Crippen LogP contribution is 2.52. The molecule has 1 unspecified atom stereocenters. The van der Waals surface area contributed by atoms with Crippen LogP contribution in [0, 0.1) is 0 Å². The molecule has 2 aliphatic rings. The van der Waals surface area contributed by atoms with E-state index >= 15 is 0 Å². The van der Waals surface area contributed by atoms with E-state index in [2.05, 4.69) is 20.6 Å². The van der Waals surface area contributed by atoms with Crippen LogP contribution in [0.2, 0.25) is 0 Å². The second kappa shape index (κ2) is 14.1. The van der Waals surface area contributed by atoms with Crippen LogP contribution in [-0.4, -0.2) is 72.4 Å². The Hall–Kier alpha value is -3.91. The van der Waals surface area contributed by atoms with E-state index in [9.17, 15) is 27.6 Å². The summed E-state index contributed by atoms with van der Waals surface area (Å²) in [5.41, 5.74) is 1.66. The molecule has 3 heterocycles. The van der Waals surface area contributed by atoms with Gasteiger partial charge < -0.3 is 39.3 Å². The molecule has 16 heteroatoms. The molecular formula is C31H38F3N6O6P. The predicted molar refractivity (Wildman–Crippen MR) is 171 cm³/mol. The molecule has 0 bridgehead atoms. The molecule has 5 rings (SSSR count). The number of carbonyl (C=O) groups is 1. The number of halogens is 3. The third-order valence-corrected chi connectivity index (χ3v) is 9.92. The average Bonchev–Trinajstić information content (AvgIpc) is 3.31. The first kappa shape index (κ1) is 34.4. The Kier molecular flexibility index (Phi) is 10.3. The molecule has 1 fully saturated rings. The standard InChI is InChI=1S/C31H38F3N6O6P/c1-5-45-47(43,46-6-2)18-19-9-10-23(26(14-19)44-4)37-30-35-15-22(31(32,33)34)28(38-30)36-24-11-12-25(40-13-7-8-20(41)16-40)21-17-39(3)29(42)27(21)24/h9-12,14-15,20,41H,5-8,13,16-18H2,1-4H3,(H2,35,36,37,38). The fraction of sp³-hybridized carbons (Fsp3) is 0.452. The van der Waals surface area contributed by atoms with Crippen LogP contribution >= 0.6 is 7.60 Å². The molecule has 0 saturated carbocycles. The minimum Gasteiger partial charge on any atom is -0.495 e. The maximum absolute atomic E-state index is 14.2. The molecule has 47 heavy (non-hydrogen) atoms. The number of aliphatic hydroxyl groups is 1. The Morgan fingerprint density at radius 3 is 2.49 bits per heavy atom. The summed E-state index contributed by atoms with van der Waals surface area (Å²) in [6.45, 7) is 5.20. The van der Waals surface area contributed by atoms with Gasteiger partial charge in [0.05, 0.1) is 49.5 Å². The van der Waals surface area contributed by atoms with E-state index in [1.165, 1.54) is 12.0 Å². The van der Waals surface area contributed by atoms with Gasteiger partial charge in [-0.15, -0.1) is 0 Å². The Balaban J connectivity index is 1.47. The van der Waals surface area contributed by atoms with Crippen molar-refractivity contribution >= 4 is 42.3 Å². The largest absolute Gasteiger partial charge is 0.495 e. The van der Waals surface area contributed by atoms with Crippen molar-refractivity contribution in [2.24, 2.45) is 0 Å². The van der Waals surface area contributed by atoms with Crippen molar-refractivity contribution in [3.05, 3.63) is 58.8 Å². The van der Waals surface area contributed by atoms with Gasteiger partial charge >= 0.3 is 13.8 Å². The fourth-order valence-electron chi connectivity index (χ4n) is 5.79. The number of methoxy groups -OCH3 is 1. The number of hydrogen-bond donors (Lipinski definition) is 3. The van der Waals surface area contributed by atoms with Crippen molar-refractivity contribution in [1.82, 2.24) is 14.9 Å². The number of aromatic nitrogens is 2. The summed E-state index contributed by atoms with van der Waals surface area (Å²) in [7, 11) is -0.360. The van der Waals surface area contributed by atoms with Crippen LogP contribution in [0.3, 0.4) is 0 Å². The highest BCUT2D eigenvalue weighted by molar-refractivity contribution is 7.53. The number of ether oxygens (including phenoxy) is 1. The van der Waals surface area contributed by atoms with E-state index in [1.54, 1.807) is 51.2 Å². The summed E-state index contributed by atoms with van der Waals surface area (Å²) in [6, 6.07) is 8.19. The minimum atomic E-state index is -4.80. The SMILES string of the molecule is CCOP(=O)(Cc1ccc(Nc2ncc(C(F)(F)F)c(Nc3ccc(N4CCCC(O)C4)c4c3C(=O)N(C)C4)n2)c(OC)c1)OCC. The lowest BCUT2D eigenvalue weighted by Crippen LogP contribution is -2.38. The number of benzene rings is 2. The third-order valence-electron chi connectivity index (χ3n) is 7.87. The van der Waals surface area contributed by atoms with E-state index < -0.39 is 31.3 Å². The number of nitrogens with zero attached hydrogens (tertiary/aromatic N) is 4. The van der Waals surface area contributed by atoms with E-state index in [0.717, 1.165) is 12.1 Å². The van der Waals surface area contributed by atoms with Crippen molar-refractivity contribution in [3.63, 3.8) is 0 Å². The Labute approximate surface area is 270 Å². The number of rotatable bonds is 12. The number of fused-ring (bicyclic) bond motifs is 1. The lowest BCUT2D eigenvalue weighted by atomic mass is 10.0. The Bertz CT molecular complexity index is 1670. The monoisotopic (exact) mass is 678 g/mol. The number of amides is 1. The highest BCUT2D eigenvalue weighted by atomic mass is 31.2. The predicted octanol–water partition coefficient (Wildman–Crippen LogP) is 6.30. The van der Waals surface area contributed by atoms with Gasteiger partial charge in [0.15, 0.2) is 0 Å². The van der Waals surface area contributed by atoms with Gasteiger partial charge in [0, 0.05) is 44.1 Å². The Morgan fingerprint density at radius 2 is 1.83 bits per heavy atom. The molecule has 1 aromatic heterocycles. The van der Waals surface area contributed by atoms with Crippen LogP contribution < -0.4 is 20.3 Å². The molecule has 0 aliphatic carbocycles. The van der Waals surface area contributed by atoms with Crippen LogP contribution in [0.1, 0.15) is 53.7 Å². The van der Waals surface area contributed by atoms with E-state index in [-0.39, 0.29) is 49.0 Å². The first-order valence-electron chi connectivity index (χ1n) is 15.2. The zero-order valence-electron chi connectivity index (χ0n) is 26.6. The van der Waals surface area contributed by atoms with Crippen LogP contribution in [0.15, 0.2) is 36.5 Å². The first-order valence-corrected chi connectivity index (χ1v) is 17.0. The van der Waals surface area contributed by atoms with Crippen LogP contribution in [0.25, 0.3) is 0 Å². The molecule has 3 N–H and O–H groups in total. The van der Waals surface area contributed by atoms with Gasteiger partial charge in [0.25, 0.3) is 5.91 Å². The number of piperidine rings is 1. The molecule has 1 atom stereocenters. The summed E-state index contributed by atoms with van der Waals surface area (Å²) in [5.74, 6) is -0.763. The molecule has 2 aromatic carbocycles. The van der Waals surface area contributed by atoms with Crippen molar-refractivity contribution in [2.45, 2.75) is 51.7 Å². The minimum absolute atomic E-state index is 0.00840. The molecule has 2 aliphatic heterocycles. The van der Waals surface area contributed by atoms with Gasteiger partial charge in [-0.25, -0.2) is 4.98 Å². The van der Waals surface area contributed by atoms with Gasteiger partial charge in [-0.2, -0.15) is 18.2 Å². The Morgan fingerprint density at radius 1 is 1.11 bits per heavy atom. The van der Waals surface area contributed by atoms with Crippen molar-refractivity contribution < 1.29 is 41.4 Å². The number of β-amino-alcohol motifs (C(OH)–C–C–N with tert-alkyl or cyclic N) is 1. The van der Waals surface area contributed by atoms with Gasteiger partial charge in [-0.1, -0.05) is 6.07 Å². The maximum atomic E-state index is 14.2. The molecular weight excluding hydrogens is 640 g/mol. The van der Waals surface area contributed by atoms with Crippen molar-refractivity contribution in [2.75, 3.05) is 56.0 Å². The van der Waals surface area contributed by atoms with Gasteiger partial charge in [0.1, 0.15) is 17.1 Å². The topological polar surface area (TPSA) is 138 Å². The highest BCUT2D eigenvalue weighted by Gasteiger charge is 2.37. The normalized spacial score (nSPS) is 16.8. The molecule has 12 nitrogen and oxygen atoms in total. The van der Waals surface area contributed by atoms with E-state index in [4.69, 9.17) is 13.8 Å². The quantitative estimate of drug-likeness (QED) is 0.186. The number of aliphatic hydroxyl groups excluding tert-OH is 1. The number of anilines is 5. The lowest BCUT2D eigenvalue weighted by Gasteiger charge is -2.33. The fourth-order valence-corrected chi connectivity index (χ4v) is 7.48. The average molecular weight is 679 g/mol. The molecule has 3 aromatic rings. The van der Waals surface area contributed by atoms with Gasteiger partial charge in [-0.3, -0.25) is 9.36 Å². The third kappa shape index (κ3) is 7.64. The molecule has 0 radical (unpaired) electrons. The number of alkyl halides is 3. The van der Waals surface area contributed by atoms with Crippen LogP contribution in [0.5, 0.6) is 5.75 Å². The zero-order valence-corrected chi connectivity index (χ0v) is 27.5. The summed E-state index contributed by atoms with van der Waals surface area (Å²) in [5, 5.41) is 15.9. The second-order valence-electron chi connectivity index (χ2n) is 11.2. The molecule has 1 amide bonds. The number of hydrogen-bond acceptors (Lipinski definition) is 11. The zero-order chi connectivity index (χ0) is 33.9. The molecule has 0 spiro atoms. The van der Waals surface area contributed by atoms with Gasteiger partial charge in [0.2, 0.25) is 5.95 Å². The van der Waals surface area contributed by atoms with Crippen molar-refractivity contribution in [3.8, 4) is 5.75 Å². The summed E-state index contributed by atoms with van der Waals surface area (Å²) >= 11 is 0. The van der Waals surface area contributed by atoms with Crippen LogP contribution in [-0.2, 0) is 32.5 Å². The maximum Gasteiger partial charge on any atom is 0.421 e. The second-order valence-corrected chi connectivity index (χ2v) is 13.3. The summed E-state index contributed by atoms with van der Waals surface area (Å²) in [6.07, 6.45) is -3.19. The number of carbonyl (C=O) groups excluding carboxylic acids is 1. The smallest absolute Gasteiger partial charge is 0.421 e.